The van der Waals surface area contributed by atoms with Crippen molar-refractivity contribution >= 4 is 5.65 Å². The Labute approximate surface area is 99.0 Å². The zero-order chi connectivity index (χ0) is 11.7. The first-order valence-electron chi connectivity index (χ1n) is 5.56. The summed E-state index contributed by atoms with van der Waals surface area (Å²) in [6, 6.07) is 12.0. The molecule has 0 saturated heterocycles. The third-order valence-electron chi connectivity index (χ3n) is 2.59. The van der Waals surface area contributed by atoms with Crippen molar-refractivity contribution in [3.63, 3.8) is 0 Å². The van der Waals surface area contributed by atoms with Gasteiger partial charge < -0.3 is 0 Å². The monoisotopic (exact) mass is 223 g/mol. The number of nitrogens with zero attached hydrogens (tertiary/aromatic N) is 4. The van der Waals surface area contributed by atoms with Crippen molar-refractivity contribution in [1.29, 1.82) is 0 Å². The summed E-state index contributed by atoms with van der Waals surface area (Å²) >= 11 is 0. The van der Waals surface area contributed by atoms with Crippen molar-refractivity contribution in [3.05, 3.63) is 48.5 Å². The average Bonchev–Trinajstić information content (AvgIpc) is 2.82. The quantitative estimate of drug-likeness (QED) is 0.668. The van der Waals surface area contributed by atoms with E-state index in [2.05, 4.69) is 21.4 Å². The Hall–Kier alpha value is -2.23. The van der Waals surface area contributed by atoms with Crippen LogP contribution in [-0.4, -0.2) is 19.6 Å². The maximum Gasteiger partial charge on any atom is 0.202 e. The Morgan fingerprint density at radius 2 is 2.06 bits per heavy atom. The van der Waals surface area contributed by atoms with Crippen LogP contribution in [0, 0.1) is 6.33 Å². The highest BCUT2D eigenvalue weighted by Crippen LogP contribution is 2.17. The van der Waals surface area contributed by atoms with E-state index < -0.39 is 0 Å². The van der Waals surface area contributed by atoms with Gasteiger partial charge in [0.05, 0.1) is 5.69 Å². The van der Waals surface area contributed by atoms with E-state index in [0.717, 1.165) is 29.1 Å². The van der Waals surface area contributed by atoms with Crippen molar-refractivity contribution in [1.82, 2.24) is 19.6 Å². The highest BCUT2D eigenvalue weighted by Gasteiger charge is 2.06. The molecule has 0 unspecified atom stereocenters. The van der Waals surface area contributed by atoms with E-state index in [1.807, 2.05) is 43.3 Å². The number of aryl methyl sites for hydroxylation is 1. The Bertz CT molecular complexity index is 643. The minimum Gasteiger partial charge on any atom is -0.214 e. The van der Waals surface area contributed by atoms with Gasteiger partial charge in [0.2, 0.25) is 6.33 Å². The lowest BCUT2D eigenvalue weighted by Crippen LogP contribution is -1.98. The van der Waals surface area contributed by atoms with Crippen molar-refractivity contribution in [3.8, 4) is 11.3 Å². The molecule has 0 bridgehead atoms. The molecule has 0 fully saturated rings. The van der Waals surface area contributed by atoms with E-state index in [-0.39, 0.29) is 0 Å². The maximum atomic E-state index is 4.40. The summed E-state index contributed by atoms with van der Waals surface area (Å²) in [7, 11) is 0. The van der Waals surface area contributed by atoms with Crippen molar-refractivity contribution in [2.75, 3.05) is 0 Å². The molecule has 17 heavy (non-hydrogen) atoms. The highest BCUT2D eigenvalue weighted by atomic mass is 15.3. The summed E-state index contributed by atoms with van der Waals surface area (Å²) in [6.07, 6.45) is 3.66. The van der Waals surface area contributed by atoms with Gasteiger partial charge in [-0.05, 0) is 0 Å². The zero-order valence-electron chi connectivity index (χ0n) is 9.46. The molecule has 0 aliphatic rings. The van der Waals surface area contributed by atoms with Crippen LogP contribution in [0.1, 0.15) is 12.7 Å². The van der Waals surface area contributed by atoms with Gasteiger partial charge in [-0.1, -0.05) is 37.3 Å². The molecule has 0 saturated carbocycles. The maximum absolute atomic E-state index is 4.40. The van der Waals surface area contributed by atoms with Gasteiger partial charge in [-0.3, -0.25) is 0 Å². The van der Waals surface area contributed by atoms with Crippen LogP contribution >= 0.6 is 0 Å². The molecule has 2 heterocycles. The SMILES string of the molecule is CCc1n[c]n2nc(-c3ccccc3)cc2n1. The number of benzene rings is 1. The number of rotatable bonds is 2. The Kier molecular flexibility index (Phi) is 2.33. The fourth-order valence-electron chi connectivity index (χ4n) is 1.69. The first-order valence-corrected chi connectivity index (χ1v) is 5.56. The van der Waals surface area contributed by atoms with Crippen LogP contribution in [0.4, 0.5) is 0 Å². The van der Waals surface area contributed by atoms with E-state index in [1.165, 1.54) is 0 Å². The van der Waals surface area contributed by atoms with E-state index in [4.69, 9.17) is 0 Å². The highest BCUT2D eigenvalue weighted by molar-refractivity contribution is 5.63. The van der Waals surface area contributed by atoms with Gasteiger partial charge in [0, 0.05) is 18.1 Å². The second-order valence-electron chi connectivity index (χ2n) is 3.76. The van der Waals surface area contributed by atoms with E-state index in [9.17, 15) is 0 Å². The van der Waals surface area contributed by atoms with Gasteiger partial charge in [0.1, 0.15) is 5.82 Å². The van der Waals surface area contributed by atoms with Crippen LogP contribution in [0.15, 0.2) is 36.4 Å². The Morgan fingerprint density at radius 1 is 1.24 bits per heavy atom. The first kappa shape index (κ1) is 9.96. The topological polar surface area (TPSA) is 43.1 Å². The molecule has 0 aliphatic carbocycles. The zero-order valence-corrected chi connectivity index (χ0v) is 9.46. The molecular formula is C13H11N4. The Morgan fingerprint density at radius 3 is 2.82 bits per heavy atom. The van der Waals surface area contributed by atoms with Crippen LogP contribution in [0.25, 0.3) is 16.9 Å². The fraction of sp³-hybridized carbons (Fsp3) is 0.154. The van der Waals surface area contributed by atoms with Crippen molar-refractivity contribution in [2.45, 2.75) is 13.3 Å². The molecule has 0 N–H and O–H groups in total. The van der Waals surface area contributed by atoms with Gasteiger partial charge in [-0.2, -0.15) is 9.61 Å². The van der Waals surface area contributed by atoms with Gasteiger partial charge in [0.15, 0.2) is 5.65 Å². The number of hydrogen-bond acceptors (Lipinski definition) is 3. The van der Waals surface area contributed by atoms with E-state index in [1.54, 1.807) is 4.52 Å². The molecule has 83 valence electrons. The molecule has 0 amide bonds. The summed E-state index contributed by atoms with van der Waals surface area (Å²) in [6.45, 7) is 2.02. The molecule has 1 radical (unpaired) electrons. The van der Waals surface area contributed by atoms with Crippen LogP contribution in [0.5, 0.6) is 0 Å². The fourth-order valence-corrected chi connectivity index (χ4v) is 1.69. The predicted molar refractivity (Wildman–Crippen MR) is 64.4 cm³/mol. The average molecular weight is 223 g/mol. The minimum absolute atomic E-state index is 0.788. The lowest BCUT2D eigenvalue weighted by molar-refractivity contribution is 0.832. The summed E-state index contributed by atoms with van der Waals surface area (Å²) in [5.41, 5.74) is 2.75. The second kappa shape index (κ2) is 3.97. The normalized spacial score (nSPS) is 10.9. The van der Waals surface area contributed by atoms with Gasteiger partial charge in [0.25, 0.3) is 0 Å². The molecule has 0 spiro atoms. The van der Waals surface area contributed by atoms with E-state index >= 15 is 0 Å². The number of hydrogen-bond donors (Lipinski definition) is 0. The van der Waals surface area contributed by atoms with E-state index in [0.29, 0.717) is 0 Å². The number of aromatic nitrogens is 4. The second-order valence-corrected chi connectivity index (χ2v) is 3.76. The third-order valence-corrected chi connectivity index (χ3v) is 2.59. The lowest BCUT2D eigenvalue weighted by Gasteiger charge is -1.93. The summed E-state index contributed by atoms with van der Waals surface area (Å²) < 4.78 is 1.58. The third kappa shape index (κ3) is 1.78. The summed E-state index contributed by atoms with van der Waals surface area (Å²) in [5, 5.41) is 4.39. The molecule has 2 aromatic heterocycles. The number of fused-ring (bicyclic) bond motifs is 1. The minimum atomic E-state index is 0.788. The molecular weight excluding hydrogens is 212 g/mol. The Balaban J connectivity index is 2.14. The van der Waals surface area contributed by atoms with Crippen LogP contribution < -0.4 is 0 Å². The van der Waals surface area contributed by atoms with Gasteiger partial charge >= 0.3 is 0 Å². The molecule has 4 nitrogen and oxygen atoms in total. The molecule has 3 rings (SSSR count). The largest absolute Gasteiger partial charge is 0.214 e. The first-order chi connectivity index (χ1) is 8.36. The molecule has 1 aromatic carbocycles. The molecule has 0 aliphatic heterocycles. The van der Waals surface area contributed by atoms with Crippen LogP contribution in [0.3, 0.4) is 0 Å². The molecule has 0 atom stereocenters. The van der Waals surface area contributed by atoms with Crippen molar-refractivity contribution < 1.29 is 0 Å². The van der Waals surface area contributed by atoms with Crippen LogP contribution in [-0.2, 0) is 6.42 Å². The van der Waals surface area contributed by atoms with Gasteiger partial charge in [-0.25, -0.2) is 9.97 Å². The van der Waals surface area contributed by atoms with Gasteiger partial charge in [-0.15, -0.1) is 0 Å². The predicted octanol–water partition coefficient (Wildman–Crippen LogP) is 2.15. The van der Waals surface area contributed by atoms with Crippen LogP contribution in [0.2, 0.25) is 0 Å². The van der Waals surface area contributed by atoms with Crippen molar-refractivity contribution in [2.24, 2.45) is 0 Å². The summed E-state index contributed by atoms with van der Waals surface area (Å²) in [4.78, 5) is 8.49. The lowest BCUT2D eigenvalue weighted by atomic mass is 10.2. The summed E-state index contributed by atoms with van der Waals surface area (Å²) in [5.74, 6) is 0.789. The standard InChI is InChI=1S/C13H11N4/c1-2-12-14-9-17-13(15-12)8-11(16-17)10-6-4-3-5-7-10/h3-8H,2H2,1H3. The molecule has 4 heteroatoms. The smallest absolute Gasteiger partial charge is 0.202 e. The molecule has 3 aromatic rings.